The quantitative estimate of drug-likeness (QED) is 0.149. The molecule has 196 valence electrons. The monoisotopic (exact) mass is 616 g/mol. The predicted octanol–water partition coefficient (Wildman–Crippen LogP) is 6.85. The number of amides is 3. The molecule has 0 radical (unpaired) electrons. The number of ether oxygens (including phenoxy) is 1. The summed E-state index contributed by atoms with van der Waals surface area (Å²) < 4.78 is 7.66. The van der Waals surface area contributed by atoms with E-state index >= 15 is 0 Å². The summed E-state index contributed by atoms with van der Waals surface area (Å²) in [5.74, 6) is -1.73. The van der Waals surface area contributed by atoms with Crippen LogP contribution < -0.4 is 20.8 Å². The molecule has 1 heterocycles. The number of hydrogen-bond donors (Lipinski definition) is 3. The van der Waals surface area contributed by atoms with Crippen LogP contribution in [-0.2, 0) is 9.59 Å². The Hall–Kier alpha value is -3.53. The molecule has 0 atom stereocenters. The second-order valence-corrected chi connectivity index (χ2v) is 10.0. The number of anilines is 2. The molecule has 38 heavy (non-hydrogen) atoms. The first-order chi connectivity index (χ1) is 18.2. The Kier molecular flexibility index (Phi) is 8.93. The highest BCUT2D eigenvalue weighted by Crippen LogP contribution is 2.27. The number of rotatable bonds is 8. The van der Waals surface area contributed by atoms with Crippen molar-refractivity contribution in [2.45, 2.75) is 19.8 Å². The van der Waals surface area contributed by atoms with E-state index in [-0.39, 0.29) is 10.7 Å². The highest BCUT2D eigenvalue weighted by atomic mass is 79.9. The van der Waals surface area contributed by atoms with Gasteiger partial charge < -0.3 is 15.4 Å². The summed E-state index contributed by atoms with van der Waals surface area (Å²) in [6, 6.07) is 18.2. The molecule has 0 aliphatic carbocycles. The summed E-state index contributed by atoms with van der Waals surface area (Å²) in [6.45, 7) is 2.68. The molecule has 4 aromatic rings. The maximum absolute atomic E-state index is 13.2. The average Bonchev–Trinajstić information content (AvgIpc) is 3.24. The van der Waals surface area contributed by atoms with Crippen molar-refractivity contribution in [2.75, 3.05) is 22.7 Å². The third-order valence-corrected chi connectivity index (χ3v) is 6.70. The summed E-state index contributed by atoms with van der Waals surface area (Å²) in [5.41, 5.74) is 3.97. The lowest BCUT2D eigenvalue weighted by atomic mass is 10.2. The largest absolute Gasteiger partial charge is 0.494 e. The van der Waals surface area contributed by atoms with Crippen molar-refractivity contribution in [2.24, 2.45) is 0 Å². The lowest BCUT2D eigenvalue weighted by Gasteiger charge is -2.13. The van der Waals surface area contributed by atoms with Crippen LogP contribution >= 0.6 is 39.1 Å². The van der Waals surface area contributed by atoms with Gasteiger partial charge in [0.2, 0.25) is 0 Å². The van der Waals surface area contributed by atoms with Gasteiger partial charge >= 0.3 is 11.8 Å². The van der Waals surface area contributed by atoms with Crippen LogP contribution in [0, 0.1) is 0 Å². The second-order valence-electron chi connectivity index (χ2n) is 8.27. The standard InChI is InChI=1S/C27H23BrCl2N4O4/c1-2-3-12-38-20-8-5-18(6-9-20)31-26(36)27(37)33-34-23-11-4-17(28)13-16(23)14-24(34)25(35)32-19-7-10-21(29)22(30)15-19/h4-11,13-15H,2-3,12H2,1H3,(H,31,36)(H,32,35)(H,33,37). The number of nitrogens with one attached hydrogen (secondary N) is 3. The van der Waals surface area contributed by atoms with E-state index in [0.29, 0.717) is 39.7 Å². The van der Waals surface area contributed by atoms with E-state index in [0.717, 1.165) is 17.3 Å². The molecule has 0 bridgehead atoms. The topological polar surface area (TPSA) is 101 Å². The minimum Gasteiger partial charge on any atom is -0.494 e. The first-order valence-electron chi connectivity index (χ1n) is 11.7. The molecule has 0 saturated heterocycles. The van der Waals surface area contributed by atoms with Gasteiger partial charge in [-0.2, -0.15) is 0 Å². The molecule has 0 spiro atoms. The maximum atomic E-state index is 13.2. The number of nitrogens with zero attached hydrogens (tertiary/aromatic N) is 1. The summed E-state index contributed by atoms with van der Waals surface area (Å²) in [6.07, 6.45) is 1.97. The number of carbonyl (C=O) groups is 3. The number of aromatic nitrogens is 1. The van der Waals surface area contributed by atoms with Crippen LogP contribution in [0.2, 0.25) is 10.0 Å². The van der Waals surface area contributed by atoms with Crippen LogP contribution in [0.3, 0.4) is 0 Å². The van der Waals surface area contributed by atoms with Crippen molar-refractivity contribution in [3.05, 3.63) is 86.9 Å². The van der Waals surface area contributed by atoms with Crippen LogP contribution in [0.5, 0.6) is 5.75 Å². The number of unbranched alkanes of at least 4 members (excludes halogenated alkanes) is 1. The molecule has 4 rings (SSSR count). The Morgan fingerprint density at radius 1 is 0.868 bits per heavy atom. The minimum absolute atomic E-state index is 0.0962. The molecule has 0 aliphatic rings. The van der Waals surface area contributed by atoms with Gasteiger partial charge in [0.25, 0.3) is 5.91 Å². The van der Waals surface area contributed by atoms with Gasteiger partial charge in [-0.15, -0.1) is 0 Å². The third kappa shape index (κ3) is 6.66. The molecule has 0 aliphatic heterocycles. The summed E-state index contributed by atoms with van der Waals surface area (Å²) >= 11 is 15.4. The normalized spacial score (nSPS) is 10.7. The first-order valence-corrected chi connectivity index (χ1v) is 13.2. The molecule has 3 aromatic carbocycles. The molecule has 0 saturated carbocycles. The van der Waals surface area contributed by atoms with Crippen LogP contribution in [0.15, 0.2) is 71.2 Å². The number of halogens is 3. The zero-order valence-corrected chi connectivity index (χ0v) is 23.3. The van der Waals surface area contributed by atoms with Gasteiger partial charge in [0.1, 0.15) is 11.4 Å². The van der Waals surface area contributed by atoms with E-state index in [4.69, 9.17) is 27.9 Å². The highest BCUT2D eigenvalue weighted by molar-refractivity contribution is 9.10. The Morgan fingerprint density at radius 2 is 1.61 bits per heavy atom. The number of benzene rings is 3. The fourth-order valence-electron chi connectivity index (χ4n) is 3.55. The van der Waals surface area contributed by atoms with Gasteiger partial charge in [-0.05, 0) is 73.2 Å². The summed E-state index contributed by atoms with van der Waals surface area (Å²) in [7, 11) is 0. The zero-order valence-electron chi connectivity index (χ0n) is 20.2. The summed E-state index contributed by atoms with van der Waals surface area (Å²) in [5, 5.41) is 6.57. The van der Waals surface area contributed by atoms with Crippen molar-refractivity contribution in [1.82, 2.24) is 4.68 Å². The van der Waals surface area contributed by atoms with E-state index in [1.807, 2.05) is 0 Å². The smallest absolute Gasteiger partial charge is 0.328 e. The van der Waals surface area contributed by atoms with E-state index in [9.17, 15) is 14.4 Å². The predicted molar refractivity (Wildman–Crippen MR) is 154 cm³/mol. The highest BCUT2D eigenvalue weighted by Gasteiger charge is 2.21. The fourth-order valence-corrected chi connectivity index (χ4v) is 4.23. The van der Waals surface area contributed by atoms with Gasteiger partial charge in [-0.25, -0.2) is 4.68 Å². The molecule has 3 amide bonds. The van der Waals surface area contributed by atoms with Gasteiger partial charge in [0.15, 0.2) is 0 Å². The zero-order chi connectivity index (χ0) is 27.2. The lowest BCUT2D eigenvalue weighted by molar-refractivity contribution is -0.133. The van der Waals surface area contributed by atoms with Crippen molar-refractivity contribution >= 4 is 79.1 Å². The van der Waals surface area contributed by atoms with Crippen LogP contribution in [0.4, 0.5) is 11.4 Å². The Morgan fingerprint density at radius 3 is 2.32 bits per heavy atom. The minimum atomic E-state index is -0.961. The van der Waals surface area contributed by atoms with E-state index < -0.39 is 17.7 Å². The van der Waals surface area contributed by atoms with Crippen molar-refractivity contribution in [3.8, 4) is 5.75 Å². The molecule has 11 heteroatoms. The number of hydrogen-bond acceptors (Lipinski definition) is 4. The first kappa shape index (κ1) is 27.5. The second kappa shape index (κ2) is 12.3. The summed E-state index contributed by atoms with van der Waals surface area (Å²) in [4.78, 5) is 38.7. The lowest BCUT2D eigenvalue weighted by Crippen LogP contribution is -2.36. The SMILES string of the molecule is CCCCOc1ccc(NC(=O)C(=O)Nn2c(C(=O)Nc3ccc(Cl)c(Cl)c3)cc3cc(Br)ccc32)cc1. The van der Waals surface area contributed by atoms with Gasteiger partial charge in [-0.1, -0.05) is 52.5 Å². The Balaban J connectivity index is 1.52. The van der Waals surface area contributed by atoms with E-state index in [1.54, 1.807) is 60.7 Å². The maximum Gasteiger partial charge on any atom is 0.328 e. The van der Waals surface area contributed by atoms with Crippen LogP contribution in [0.1, 0.15) is 30.3 Å². The van der Waals surface area contributed by atoms with Crippen molar-refractivity contribution in [1.29, 1.82) is 0 Å². The Labute approximate surface area is 237 Å². The molecular weight excluding hydrogens is 595 g/mol. The van der Waals surface area contributed by atoms with Gasteiger partial charge in [0, 0.05) is 21.2 Å². The van der Waals surface area contributed by atoms with Crippen LogP contribution in [0.25, 0.3) is 10.9 Å². The molecule has 0 fully saturated rings. The molecule has 3 N–H and O–H groups in total. The number of carbonyl (C=O) groups excluding carboxylic acids is 3. The van der Waals surface area contributed by atoms with E-state index in [2.05, 4.69) is 38.9 Å². The van der Waals surface area contributed by atoms with Crippen LogP contribution in [-0.4, -0.2) is 29.0 Å². The molecular formula is C27H23BrCl2N4O4. The fraction of sp³-hybridized carbons (Fsp3) is 0.148. The van der Waals surface area contributed by atoms with Crippen molar-refractivity contribution in [3.63, 3.8) is 0 Å². The molecule has 1 aromatic heterocycles. The van der Waals surface area contributed by atoms with E-state index in [1.165, 1.54) is 10.7 Å². The van der Waals surface area contributed by atoms with Gasteiger partial charge in [-0.3, -0.25) is 19.8 Å². The number of fused-ring (bicyclic) bond motifs is 1. The molecule has 0 unspecified atom stereocenters. The third-order valence-electron chi connectivity index (χ3n) is 5.47. The molecule has 8 nitrogen and oxygen atoms in total. The Bertz CT molecular complexity index is 1510. The van der Waals surface area contributed by atoms with Crippen molar-refractivity contribution < 1.29 is 19.1 Å². The average molecular weight is 618 g/mol. The van der Waals surface area contributed by atoms with Gasteiger partial charge in [0.05, 0.1) is 22.2 Å².